The quantitative estimate of drug-likeness (QED) is 0.493. The number of thiophene rings is 2. The highest BCUT2D eigenvalue weighted by atomic mass is 32.1. The molecule has 0 amide bonds. The molecule has 4 rings (SSSR count). The highest BCUT2D eigenvalue weighted by Crippen LogP contribution is 2.40. The Morgan fingerprint density at radius 1 is 0.733 bits per heavy atom. The van der Waals surface area contributed by atoms with Crippen molar-refractivity contribution in [3.8, 4) is 23.0 Å². The van der Waals surface area contributed by atoms with Crippen LogP contribution >= 0.6 is 22.7 Å². The number of fused-ring (bicyclic) bond motifs is 2. The van der Waals surface area contributed by atoms with Crippen LogP contribution in [0.15, 0.2) is 10.8 Å². The van der Waals surface area contributed by atoms with Crippen LogP contribution in [0.4, 0.5) is 0 Å². The van der Waals surface area contributed by atoms with Crippen LogP contribution in [0, 0.1) is 0 Å². The van der Waals surface area contributed by atoms with Crippen molar-refractivity contribution in [2.45, 2.75) is 25.0 Å². The fourth-order valence-corrected chi connectivity index (χ4v) is 5.17. The lowest BCUT2D eigenvalue weighted by Gasteiger charge is -2.17. The molecule has 0 spiro atoms. The Bertz CT molecular complexity index is 739. The Morgan fingerprint density at radius 2 is 1.17 bits per heavy atom. The highest BCUT2D eigenvalue weighted by Gasteiger charge is 2.22. The molecule has 2 unspecified atom stereocenters. The SMILES string of the molecule is OC(COCCOCC(O)Cc1scc2c1OCCO2)Cc1scc2c1OCCO2. The van der Waals surface area contributed by atoms with Crippen LogP contribution in [0.3, 0.4) is 0 Å². The normalized spacial score (nSPS) is 17.0. The molecular formula is C20H26O8S2. The van der Waals surface area contributed by atoms with E-state index in [0.717, 1.165) is 32.8 Å². The van der Waals surface area contributed by atoms with Gasteiger partial charge in [0, 0.05) is 23.6 Å². The number of aliphatic hydroxyl groups excluding tert-OH is 2. The summed E-state index contributed by atoms with van der Waals surface area (Å²) in [4.78, 5) is 1.93. The molecule has 2 aromatic rings. The maximum absolute atomic E-state index is 10.2. The second kappa shape index (κ2) is 10.7. The standard InChI is InChI=1S/C20H26O8S2/c21-13(7-17-19-15(11-29-17)25-3-5-27-19)9-23-1-2-24-10-14(22)8-18-20-16(12-30-18)26-4-6-28-20/h11-14,21-22H,1-10H2. The van der Waals surface area contributed by atoms with Crippen LogP contribution in [-0.4, -0.2) is 75.3 Å². The van der Waals surface area contributed by atoms with Crippen molar-refractivity contribution in [3.63, 3.8) is 0 Å². The van der Waals surface area contributed by atoms with Gasteiger partial charge < -0.3 is 38.6 Å². The molecule has 30 heavy (non-hydrogen) atoms. The van der Waals surface area contributed by atoms with Crippen molar-refractivity contribution >= 4 is 22.7 Å². The first kappa shape index (κ1) is 21.7. The number of rotatable bonds is 11. The van der Waals surface area contributed by atoms with E-state index in [9.17, 15) is 10.2 Å². The van der Waals surface area contributed by atoms with Gasteiger partial charge in [-0.1, -0.05) is 0 Å². The summed E-state index contributed by atoms with van der Waals surface area (Å²) in [6.45, 7) is 3.28. The van der Waals surface area contributed by atoms with E-state index in [1.54, 1.807) is 0 Å². The minimum Gasteiger partial charge on any atom is -0.485 e. The van der Waals surface area contributed by atoms with E-state index in [2.05, 4.69) is 0 Å². The Balaban J connectivity index is 1.08. The summed E-state index contributed by atoms with van der Waals surface area (Å²) in [5.41, 5.74) is 0. The van der Waals surface area contributed by atoms with E-state index in [0.29, 0.717) is 52.5 Å². The smallest absolute Gasteiger partial charge is 0.175 e. The van der Waals surface area contributed by atoms with Gasteiger partial charge >= 0.3 is 0 Å². The number of ether oxygens (including phenoxy) is 6. The lowest BCUT2D eigenvalue weighted by Crippen LogP contribution is -2.22. The van der Waals surface area contributed by atoms with Crippen LogP contribution in [0.5, 0.6) is 23.0 Å². The molecule has 10 heteroatoms. The van der Waals surface area contributed by atoms with Gasteiger partial charge in [0.15, 0.2) is 23.0 Å². The van der Waals surface area contributed by atoms with E-state index in [-0.39, 0.29) is 13.2 Å². The van der Waals surface area contributed by atoms with Crippen LogP contribution in [0.2, 0.25) is 0 Å². The summed E-state index contributed by atoms with van der Waals surface area (Å²) >= 11 is 3.04. The van der Waals surface area contributed by atoms with Crippen LogP contribution in [0.25, 0.3) is 0 Å². The Labute approximate surface area is 182 Å². The van der Waals surface area contributed by atoms with Crippen molar-refractivity contribution in [2.75, 3.05) is 52.9 Å². The summed E-state index contributed by atoms with van der Waals surface area (Å²) in [7, 11) is 0. The van der Waals surface area contributed by atoms with Crippen LogP contribution < -0.4 is 18.9 Å². The molecule has 8 nitrogen and oxygen atoms in total. The fourth-order valence-electron chi connectivity index (χ4n) is 3.22. The monoisotopic (exact) mass is 458 g/mol. The third-order valence-corrected chi connectivity index (χ3v) is 6.52. The van der Waals surface area contributed by atoms with Gasteiger partial charge in [0.2, 0.25) is 0 Å². The first-order valence-electron chi connectivity index (χ1n) is 9.94. The summed E-state index contributed by atoms with van der Waals surface area (Å²) in [5.74, 6) is 2.99. The zero-order valence-corrected chi connectivity index (χ0v) is 18.2. The third kappa shape index (κ3) is 5.57. The maximum atomic E-state index is 10.2. The first-order valence-corrected chi connectivity index (χ1v) is 11.7. The van der Waals surface area contributed by atoms with Crippen LogP contribution in [0.1, 0.15) is 9.75 Å². The van der Waals surface area contributed by atoms with Gasteiger partial charge in [-0.25, -0.2) is 0 Å². The molecule has 2 aliphatic rings. The van der Waals surface area contributed by atoms with Gasteiger partial charge in [-0.2, -0.15) is 0 Å². The van der Waals surface area contributed by atoms with Crippen molar-refractivity contribution in [2.24, 2.45) is 0 Å². The van der Waals surface area contributed by atoms with Crippen molar-refractivity contribution in [1.29, 1.82) is 0 Å². The molecule has 0 aromatic carbocycles. The number of hydrogen-bond acceptors (Lipinski definition) is 10. The number of aliphatic hydroxyl groups is 2. The Kier molecular flexibility index (Phi) is 7.69. The lowest BCUT2D eigenvalue weighted by atomic mass is 10.2. The molecule has 4 heterocycles. The largest absolute Gasteiger partial charge is 0.485 e. The summed E-state index contributed by atoms with van der Waals surface area (Å²) in [5, 5.41) is 24.2. The molecule has 2 aromatic heterocycles. The summed E-state index contributed by atoms with van der Waals surface area (Å²) < 4.78 is 33.2. The summed E-state index contributed by atoms with van der Waals surface area (Å²) in [6, 6.07) is 0. The third-order valence-electron chi connectivity index (χ3n) is 4.58. The van der Waals surface area contributed by atoms with E-state index < -0.39 is 12.2 Å². The van der Waals surface area contributed by atoms with E-state index >= 15 is 0 Å². The van der Waals surface area contributed by atoms with Gasteiger partial charge in [0.25, 0.3) is 0 Å². The number of hydrogen-bond donors (Lipinski definition) is 2. The molecule has 2 atom stereocenters. The maximum Gasteiger partial charge on any atom is 0.175 e. The van der Waals surface area contributed by atoms with E-state index in [4.69, 9.17) is 28.4 Å². The highest BCUT2D eigenvalue weighted by molar-refractivity contribution is 7.10. The average Bonchev–Trinajstić information content (AvgIpc) is 3.35. The fraction of sp³-hybridized carbons (Fsp3) is 0.600. The topological polar surface area (TPSA) is 95.8 Å². The molecule has 0 bridgehead atoms. The lowest BCUT2D eigenvalue weighted by molar-refractivity contribution is -0.0164. The van der Waals surface area contributed by atoms with Gasteiger partial charge in [-0.15, -0.1) is 22.7 Å². The second-order valence-electron chi connectivity index (χ2n) is 6.96. The molecular weight excluding hydrogens is 432 g/mol. The molecule has 0 fully saturated rings. The summed E-state index contributed by atoms with van der Waals surface area (Å²) in [6.07, 6.45) is -0.341. The molecule has 0 radical (unpaired) electrons. The Hall–Kier alpha value is -1.56. The average molecular weight is 459 g/mol. The minimum atomic E-state index is -0.629. The molecule has 0 saturated carbocycles. The van der Waals surface area contributed by atoms with Gasteiger partial charge in [0.05, 0.1) is 48.4 Å². The van der Waals surface area contributed by atoms with Gasteiger partial charge in [0.1, 0.15) is 26.4 Å². The molecule has 2 aliphatic heterocycles. The molecule has 0 aliphatic carbocycles. The molecule has 166 valence electrons. The molecule has 0 saturated heterocycles. The minimum absolute atomic E-state index is 0.206. The van der Waals surface area contributed by atoms with E-state index in [1.807, 2.05) is 10.8 Å². The predicted molar refractivity (Wildman–Crippen MR) is 112 cm³/mol. The van der Waals surface area contributed by atoms with Gasteiger partial charge in [-0.05, 0) is 0 Å². The predicted octanol–water partition coefficient (Wildman–Crippen LogP) is 1.89. The van der Waals surface area contributed by atoms with Crippen LogP contribution in [-0.2, 0) is 22.3 Å². The Morgan fingerprint density at radius 3 is 1.63 bits per heavy atom. The van der Waals surface area contributed by atoms with Crippen molar-refractivity contribution in [1.82, 2.24) is 0 Å². The first-order chi connectivity index (χ1) is 14.7. The van der Waals surface area contributed by atoms with Crippen molar-refractivity contribution < 1.29 is 38.6 Å². The zero-order chi connectivity index (χ0) is 20.8. The zero-order valence-electron chi connectivity index (χ0n) is 16.5. The van der Waals surface area contributed by atoms with E-state index in [1.165, 1.54) is 22.7 Å². The molecule has 2 N–H and O–H groups in total. The van der Waals surface area contributed by atoms with Crippen molar-refractivity contribution in [3.05, 3.63) is 20.5 Å². The van der Waals surface area contributed by atoms with Gasteiger partial charge in [-0.3, -0.25) is 0 Å². The second-order valence-corrected chi connectivity index (χ2v) is 8.89.